The van der Waals surface area contributed by atoms with Crippen molar-refractivity contribution < 1.29 is 17.9 Å². The van der Waals surface area contributed by atoms with Crippen molar-refractivity contribution in [3.8, 4) is 0 Å². The number of hydrogen-bond donors (Lipinski definition) is 0. The van der Waals surface area contributed by atoms with Crippen LogP contribution in [0.1, 0.15) is 30.4 Å². The predicted molar refractivity (Wildman–Crippen MR) is 117 cm³/mol. The Morgan fingerprint density at radius 1 is 1.13 bits per heavy atom. The van der Waals surface area contributed by atoms with Gasteiger partial charge >= 0.3 is 5.97 Å². The molecule has 0 aromatic heterocycles. The van der Waals surface area contributed by atoms with Gasteiger partial charge in [-0.25, -0.2) is 0 Å². The van der Waals surface area contributed by atoms with Gasteiger partial charge in [0.15, 0.2) is 0 Å². The first-order valence-electron chi connectivity index (χ1n) is 10.7. The molecule has 0 spiro atoms. The van der Waals surface area contributed by atoms with Gasteiger partial charge in [-0.1, -0.05) is 54.4 Å². The first kappa shape index (κ1) is 20.2. The summed E-state index contributed by atoms with van der Waals surface area (Å²) in [5, 5.41) is 0. The zero-order valence-corrected chi connectivity index (χ0v) is 18.5. The number of carbonyl (C=O) groups excluding carboxylic acids is 1. The second kappa shape index (κ2) is 7.19. The standard InChI is InChI=1S/C24H26N2O4S/c1-16-11-13-18(14-12-16)31(28,29)25-22-24(23(27)30-2)19-9-6-10-20(21(19)24)26(22)15-17-7-4-3-5-8-17/h3-5,7-8,11-14,19-21H,6,9-10,15H2,1-2H3/b25-22+/t19-,20+,21-,24+/m0/s1. The first-order valence-corrected chi connectivity index (χ1v) is 12.1. The highest BCUT2D eigenvalue weighted by Gasteiger charge is 2.82. The molecule has 2 aromatic carbocycles. The number of likely N-dealkylation sites (tertiary alicyclic amines) is 1. The lowest BCUT2D eigenvalue weighted by Gasteiger charge is -2.35. The summed E-state index contributed by atoms with van der Waals surface area (Å²) < 4.78 is 36.1. The van der Waals surface area contributed by atoms with E-state index in [2.05, 4.69) is 9.30 Å². The van der Waals surface area contributed by atoms with Crippen molar-refractivity contribution in [3.05, 3.63) is 65.7 Å². The fraction of sp³-hybridized carbons (Fsp3) is 0.417. The fourth-order valence-electron chi connectivity index (χ4n) is 5.78. The molecule has 1 heterocycles. The van der Waals surface area contributed by atoms with Crippen LogP contribution in [0.4, 0.5) is 0 Å². The number of benzene rings is 2. The van der Waals surface area contributed by atoms with E-state index in [0.29, 0.717) is 12.4 Å². The number of aryl methyl sites for hydroxylation is 1. The van der Waals surface area contributed by atoms with Crippen LogP contribution in [-0.4, -0.2) is 38.3 Å². The van der Waals surface area contributed by atoms with E-state index in [4.69, 9.17) is 4.74 Å². The Hall–Kier alpha value is -2.67. The lowest BCUT2D eigenvalue weighted by Crippen LogP contribution is -2.43. The van der Waals surface area contributed by atoms with Crippen LogP contribution in [0.3, 0.4) is 0 Å². The van der Waals surface area contributed by atoms with E-state index >= 15 is 0 Å². The first-order chi connectivity index (χ1) is 14.9. The number of sulfonamides is 1. The monoisotopic (exact) mass is 438 g/mol. The van der Waals surface area contributed by atoms with Gasteiger partial charge in [0.1, 0.15) is 11.3 Å². The number of amidine groups is 1. The molecule has 1 aliphatic heterocycles. The summed E-state index contributed by atoms with van der Waals surface area (Å²) in [6.45, 7) is 2.43. The van der Waals surface area contributed by atoms with Crippen LogP contribution in [0.15, 0.2) is 63.9 Å². The molecule has 7 heteroatoms. The van der Waals surface area contributed by atoms with Crippen molar-refractivity contribution in [2.75, 3.05) is 7.11 Å². The Labute approximate surface area is 183 Å². The summed E-state index contributed by atoms with van der Waals surface area (Å²) in [5.41, 5.74) is 1.09. The minimum Gasteiger partial charge on any atom is -0.468 e. The zero-order valence-electron chi connectivity index (χ0n) is 17.7. The van der Waals surface area contributed by atoms with Gasteiger partial charge in [0.25, 0.3) is 10.0 Å². The number of ether oxygens (including phenoxy) is 1. The van der Waals surface area contributed by atoms with Crippen molar-refractivity contribution >= 4 is 21.8 Å². The number of nitrogens with zero attached hydrogens (tertiary/aromatic N) is 2. The van der Waals surface area contributed by atoms with Crippen molar-refractivity contribution in [1.29, 1.82) is 0 Å². The molecular formula is C24H26N2O4S. The molecule has 1 saturated heterocycles. The van der Waals surface area contributed by atoms with E-state index < -0.39 is 15.4 Å². The van der Waals surface area contributed by atoms with Gasteiger partial charge in [0.2, 0.25) is 0 Å². The van der Waals surface area contributed by atoms with E-state index in [1.165, 1.54) is 7.11 Å². The zero-order chi connectivity index (χ0) is 21.8. The van der Waals surface area contributed by atoms with Crippen LogP contribution in [-0.2, 0) is 26.1 Å². The third-order valence-corrected chi connectivity index (χ3v) is 8.43. The number of carbonyl (C=O) groups is 1. The number of hydrogen-bond acceptors (Lipinski definition) is 4. The predicted octanol–water partition coefficient (Wildman–Crippen LogP) is 3.56. The average molecular weight is 439 g/mol. The number of fused-ring (bicyclic) bond motifs is 1. The molecule has 3 aliphatic rings. The molecule has 2 aromatic rings. The molecule has 0 amide bonds. The van der Waals surface area contributed by atoms with Crippen molar-refractivity contribution in [2.24, 2.45) is 21.6 Å². The second-order valence-electron chi connectivity index (χ2n) is 8.81. The van der Waals surface area contributed by atoms with Crippen molar-refractivity contribution in [1.82, 2.24) is 4.90 Å². The highest BCUT2D eigenvalue weighted by molar-refractivity contribution is 7.90. The van der Waals surface area contributed by atoms with E-state index in [9.17, 15) is 13.2 Å². The molecule has 5 rings (SSSR count). The Balaban J connectivity index is 1.63. The molecule has 31 heavy (non-hydrogen) atoms. The Morgan fingerprint density at radius 2 is 1.84 bits per heavy atom. The van der Waals surface area contributed by atoms with Crippen LogP contribution in [0.5, 0.6) is 0 Å². The third-order valence-electron chi connectivity index (χ3n) is 7.15. The summed E-state index contributed by atoms with van der Waals surface area (Å²) >= 11 is 0. The smallest absolute Gasteiger partial charge is 0.320 e. The number of rotatable bonds is 5. The Bertz CT molecular complexity index is 1140. The number of piperidine rings is 1. The van der Waals surface area contributed by atoms with Crippen LogP contribution in [0.25, 0.3) is 0 Å². The Kier molecular flexibility index (Phi) is 4.70. The molecule has 0 unspecified atom stereocenters. The largest absolute Gasteiger partial charge is 0.468 e. The molecule has 0 radical (unpaired) electrons. The van der Waals surface area contributed by atoms with Gasteiger partial charge in [-0.15, -0.1) is 4.40 Å². The summed E-state index contributed by atoms with van der Waals surface area (Å²) in [6, 6.07) is 16.7. The molecule has 6 nitrogen and oxygen atoms in total. The molecule has 4 atom stereocenters. The van der Waals surface area contributed by atoms with E-state index in [0.717, 1.165) is 30.4 Å². The minimum atomic E-state index is -3.96. The summed E-state index contributed by atoms with van der Waals surface area (Å²) in [6.07, 6.45) is 2.85. The number of esters is 1. The van der Waals surface area contributed by atoms with E-state index in [1.807, 2.05) is 37.3 Å². The number of methoxy groups -OCH3 is 1. The summed E-state index contributed by atoms with van der Waals surface area (Å²) in [7, 11) is -2.59. The van der Waals surface area contributed by atoms with Gasteiger partial charge in [0, 0.05) is 18.5 Å². The van der Waals surface area contributed by atoms with Gasteiger partial charge in [-0.05, 0) is 43.4 Å². The molecule has 2 aliphatic carbocycles. The van der Waals surface area contributed by atoms with Gasteiger partial charge in [-0.2, -0.15) is 8.42 Å². The molecule has 162 valence electrons. The van der Waals surface area contributed by atoms with Crippen LogP contribution < -0.4 is 0 Å². The average Bonchev–Trinajstić information content (AvgIpc) is 3.38. The summed E-state index contributed by atoms with van der Waals surface area (Å²) in [4.78, 5) is 15.3. The lowest BCUT2D eigenvalue weighted by atomic mass is 9.93. The normalized spacial score (nSPS) is 30.2. The van der Waals surface area contributed by atoms with Crippen LogP contribution >= 0.6 is 0 Å². The third kappa shape index (κ3) is 3.01. The molecule has 0 N–H and O–H groups in total. The summed E-state index contributed by atoms with van der Waals surface area (Å²) in [5.74, 6) is 0.188. The van der Waals surface area contributed by atoms with Gasteiger partial charge in [-0.3, -0.25) is 4.79 Å². The maximum atomic E-state index is 13.3. The van der Waals surface area contributed by atoms with Crippen molar-refractivity contribution in [3.63, 3.8) is 0 Å². The molecule has 3 fully saturated rings. The quantitative estimate of drug-likeness (QED) is 0.668. The maximum absolute atomic E-state index is 13.3. The van der Waals surface area contributed by atoms with E-state index in [-0.39, 0.29) is 28.7 Å². The molecule has 2 saturated carbocycles. The lowest BCUT2D eigenvalue weighted by molar-refractivity contribution is -0.145. The molecule has 0 bridgehead atoms. The highest BCUT2D eigenvalue weighted by atomic mass is 32.2. The maximum Gasteiger partial charge on any atom is 0.320 e. The second-order valence-corrected chi connectivity index (χ2v) is 10.4. The van der Waals surface area contributed by atoms with Crippen molar-refractivity contribution in [2.45, 2.75) is 43.7 Å². The van der Waals surface area contributed by atoms with Gasteiger partial charge < -0.3 is 9.64 Å². The SMILES string of the molecule is COC(=O)[C@]12/C(=N\S(=O)(=O)c3ccc(C)cc3)N(Cc3ccccc3)[C@@H]3CCC[C@H]1[C@@H]32. The molecular weight excluding hydrogens is 412 g/mol. The fourth-order valence-corrected chi connectivity index (χ4v) is 6.85. The van der Waals surface area contributed by atoms with Gasteiger partial charge in [0.05, 0.1) is 12.0 Å². The van der Waals surface area contributed by atoms with Crippen LogP contribution in [0.2, 0.25) is 0 Å². The topological polar surface area (TPSA) is 76.0 Å². The highest BCUT2D eigenvalue weighted by Crippen LogP contribution is 2.72. The minimum absolute atomic E-state index is 0.0735. The van der Waals surface area contributed by atoms with Crippen LogP contribution in [0, 0.1) is 24.2 Å². The van der Waals surface area contributed by atoms with E-state index in [1.54, 1.807) is 24.3 Å². The Morgan fingerprint density at radius 3 is 2.52 bits per heavy atom.